The third-order valence-electron chi connectivity index (χ3n) is 8.88. The van der Waals surface area contributed by atoms with Crippen LogP contribution < -0.4 is 9.80 Å². The van der Waals surface area contributed by atoms with Crippen LogP contribution in [-0.2, 0) is 15.9 Å². The molecular formula is C34H38F2N4O2. The molecule has 0 saturated carbocycles. The maximum atomic E-state index is 14.8. The van der Waals surface area contributed by atoms with Crippen LogP contribution in [0.1, 0.15) is 75.3 Å². The first kappa shape index (κ1) is 26.2. The molecule has 2 unspecified atom stereocenters. The zero-order chi connectivity index (χ0) is 29.7. The lowest BCUT2D eigenvalue weighted by Crippen LogP contribution is -2.28. The normalized spacial score (nSPS) is 22.8. The first-order valence-electron chi connectivity index (χ1n) is 15.6. The number of anilines is 3. The molecule has 1 aromatic heterocycles. The van der Waals surface area contributed by atoms with Crippen molar-refractivity contribution in [2.24, 2.45) is 0 Å². The Bertz CT molecular complexity index is 1590. The molecule has 0 spiro atoms. The Hall–Kier alpha value is -3.49. The Kier molecular flexibility index (Phi) is 7.04. The number of fused-ring (bicyclic) bond motifs is 2. The minimum absolute atomic E-state index is 0.0157. The molecule has 2 aromatic carbocycles. The van der Waals surface area contributed by atoms with E-state index < -0.39 is 12.9 Å². The molecule has 4 aliphatic heterocycles. The summed E-state index contributed by atoms with van der Waals surface area (Å²) >= 11 is 0. The quantitative estimate of drug-likeness (QED) is 0.310. The molecular weight excluding hydrogens is 534 g/mol. The van der Waals surface area contributed by atoms with Gasteiger partial charge < -0.3 is 19.3 Å². The molecule has 4 aliphatic rings. The van der Waals surface area contributed by atoms with Gasteiger partial charge in [-0.15, -0.1) is 0 Å². The molecule has 42 heavy (non-hydrogen) atoms. The summed E-state index contributed by atoms with van der Waals surface area (Å²) in [4.78, 5) is 4.22. The summed E-state index contributed by atoms with van der Waals surface area (Å²) in [6.07, 6.45) is 10.5. The fraction of sp³-hybridized carbons (Fsp3) is 0.441. The van der Waals surface area contributed by atoms with Crippen molar-refractivity contribution in [3.05, 3.63) is 70.6 Å². The van der Waals surface area contributed by atoms with Gasteiger partial charge in [0.25, 0.3) is 6.43 Å². The lowest BCUT2D eigenvalue weighted by molar-refractivity contribution is -0.0394. The third-order valence-corrected chi connectivity index (χ3v) is 8.88. The monoisotopic (exact) mass is 573 g/mol. The van der Waals surface area contributed by atoms with Crippen molar-refractivity contribution in [3.63, 3.8) is 0 Å². The Labute approximate surface area is 247 Å². The molecule has 2 atom stereocenters. The second-order valence-electron chi connectivity index (χ2n) is 11.8. The average molecular weight is 574 g/mol. The van der Waals surface area contributed by atoms with Gasteiger partial charge in [0, 0.05) is 61.0 Å². The van der Waals surface area contributed by atoms with Crippen LogP contribution in [-0.4, -0.2) is 49.7 Å². The molecule has 1 fully saturated rings. The summed E-state index contributed by atoms with van der Waals surface area (Å²) in [6, 6.07) is 8.03. The molecule has 0 aliphatic carbocycles. The first-order chi connectivity index (χ1) is 20.9. The minimum Gasteiger partial charge on any atom is -0.377 e. The number of nitrogens with zero attached hydrogens (tertiary/aromatic N) is 4. The summed E-state index contributed by atoms with van der Waals surface area (Å²) in [5, 5.41) is 4.51. The van der Waals surface area contributed by atoms with E-state index in [-0.39, 0.29) is 11.8 Å². The molecule has 0 radical (unpaired) electrons. The summed E-state index contributed by atoms with van der Waals surface area (Å²) in [6.45, 7) is 4.18. The maximum Gasteiger partial charge on any atom is 0.264 e. The molecule has 6 nitrogen and oxygen atoms in total. The Morgan fingerprint density at radius 2 is 1.90 bits per heavy atom. The number of ether oxygens (including phenoxy) is 2. The van der Waals surface area contributed by atoms with E-state index in [9.17, 15) is 8.78 Å². The smallest absolute Gasteiger partial charge is 0.264 e. The van der Waals surface area contributed by atoms with E-state index in [0.717, 1.165) is 84.4 Å². The maximum absolute atomic E-state index is 14.8. The van der Waals surface area contributed by atoms with Crippen molar-refractivity contribution >= 4 is 28.7 Å². The van der Waals surface area contributed by atoms with Gasteiger partial charge >= 0.3 is 0 Å². The average Bonchev–Trinajstić information content (AvgIpc) is 3.54. The van der Waals surface area contributed by atoms with Gasteiger partial charge in [-0.3, -0.25) is 0 Å². The third kappa shape index (κ3) is 5.05. The number of aryl methyl sites for hydroxylation is 1. The van der Waals surface area contributed by atoms with Gasteiger partial charge in [-0.2, -0.15) is 5.10 Å². The fourth-order valence-corrected chi connectivity index (χ4v) is 6.80. The zero-order valence-electron chi connectivity index (χ0n) is 25.3. The Morgan fingerprint density at radius 3 is 2.69 bits per heavy atom. The highest BCUT2D eigenvalue weighted by Gasteiger charge is 2.29. The second-order valence-corrected chi connectivity index (χ2v) is 11.8. The molecule has 0 amide bonds. The van der Waals surface area contributed by atoms with Crippen LogP contribution in [0.3, 0.4) is 0 Å². The van der Waals surface area contributed by atoms with E-state index >= 15 is 0 Å². The summed E-state index contributed by atoms with van der Waals surface area (Å²) < 4.78 is 51.5. The molecule has 7 rings (SSSR count). The van der Waals surface area contributed by atoms with Crippen LogP contribution >= 0.6 is 0 Å². The highest BCUT2D eigenvalue weighted by Crippen LogP contribution is 2.46. The first-order valence-corrected chi connectivity index (χ1v) is 15.1. The van der Waals surface area contributed by atoms with Gasteiger partial charge in [0.1, 0.15) is 6.23 Å². The number of aromatic nitrogens is 2. The number of hydrogen-bond acceptors (Lipinski definition) is 5. The predicted molar refractivity (Wildman–Crippen MR) is 164 cm³/mol. The number of rotatable bonds is 5. The van der Waals surface area contributed by atoms with Crippen molar-refractivity contribution in [1.29, 1.82) is 0 Å². The van der Waals surface area contributed by atoms with E-state index in [1.807, 2.05) is 31.1 Å². The number of hydrogen-bond donors (Lipinski definition) is 0. The van der Waals surface area contributed by atoms with Crippen LogP contribution in [0.4, 0.5) is 25.8 Å². The molecule has 0 N–H and O–H groups in total. The van der Waals surface area contributed by atoms with E-state index in [0.29, 0.717) is 30.9 Å². The number of likely N-dealkylation sites (N-methyl/N-ethyl adjacent to an activating group) is 1. The van der Waals surface area contributed by atoms with Crippen LogP contribution in [0.15, 0.2) is 48.3 Å². The highest BCUT2D eigenvalue weighted by molar-refractivity contribution is 5.90. The van der Waals surface area contributed by atoms with Gasteiger partial charge in [0.15, 0.2) is 0 Å². The van der Waals surface area contributed by atoms with E-state index in [2.05, 4.69) is 34.3 Å². The van der Waals surface area contributed by atoms with Crippen molar-refractivity contribution in [2.75, 3.05) is 49.7 Å². The molecule has 3 aromatic rings. The fourth-order valence-electron chi connectivity index (χ4n) is 6.80. The van der Waals surface area contributed by atoms with Gasteiger partial charge in [-0.1, -0.05) is 17.7 Å². The van der Waals surface area contributed by atoms with Crippen LogP contribution in [0.25, 0.3) is 22.8 Å². The van der Waals surface area contributed by atoms with Crippen molar-refractivity contribution in [1.82, 2.24) is 9.78 Å². The van der Waals surface area contributed by atoms with Crippen molar-refractivity contribution in [2.45, 2.75) is 58.1 Å². The summed E-state index contributed by atoms with van der Waals surface area (Å²) in [5.41, 5.74) is 9.41. The molecule has 1 saturated heterocycles. The summed E-state index contributed by atoms with van der Waals surface area (Å²) in [5.74, 6) is 0. The topological polar surface area (TPSA) is 42.8 Å². The predicted octanol–water partition coefficient (Wildman–Crippen LogP) is 7.93. The molecule has 8 heteroatoms. The molecule has 5 heterocycles. The van der Waals surface area contributed by atoms with Crippen LogP contribution in [0.5, 0.6) is 0 Å². The Balaban J connectivity index is 1.34. The van der Waals surface area contributed by atoms with Gasteiger partial charge in [-0.25, -0.2) is 13.5 Å². The lowest BCUT2D eigenvalue weighted by Gasteiger charge is -2.37. The van der Waals surface area contributed by atoms with Crippen molar-refractivity contribution < 1.29 is 19.6 Å². The van der Waals surface area contributed by atoms with Gasteiger partial charge in [0.2, 0.25) is 0 Å². The van der Waals surface area contributed by atoms with Crippen LogP contribution in [0, 0.1) is 0 Å². The number of benzene rings is 2. The second kappa shape index (κ2) is 11.3. The van der Waals surface area contributed by atoms with Crippen LogP contribution in [0.2, 0.25) is 0 Å². The van der Waals surface area contributed by atoms with E-state index in [1.165, 1.54) is 5.57 Å². The largest absolute Gasteiger partial charge is 0.377 e. The van der Waals surface area contributed by atoms with Gasteiger partial charge in [-0.05, 0) is 92.0 Å². The zero-order valence-corrected chi connectivity index (χ0v) is 24.3. The van der Waals surface area contributed by atoms with E-state index in [4.69, 9.17) is 10.8 Å². The molecule has 0 bridgehead atoms. The van der Waals surface area contributed by atoms with Gasteiger partial charge in [0.05, 0.1) is 26.5 Å². The van der Waals surface area contributed by atoms with Crippen molar-refractivity contribution in [3.8, 4) is 11.1 Å². The number of alkyl halides is 2. The molecule has 220 valence electrons. The minimum atomic E-state index is -2.64. The standard InChI is InChI=1S/C34H38F2N4O2/c1-22-14-29-31(38(2)20-22)16-25(23-8-12-41-13-9-23)17-32(29)39-10-5-6-24-15-27(28(34(35)36)18-30(24)39)26-19-37-40(21-26)33-7-3-4-11-42-33/h8,14-19,21,33-34H,3-7,9-13,20H2,1-2H3/i20D. The number of halogens is 2. The highest BCUT2D eigenvalue weighted by atomic mass is 19.3. The Morgan fingerprint density at radius 1 is 1.02 bits per heavy atom. The lowest BCUT2D eigenvalue weighted by atomic mass is 9.90. The van der Waals surface area contributed by atoms with E-state index in [1.54, 1.807) is 16.9 Å². The SMILES string of the molecule is [2H]C1C(C)=Cc2c(N3CCCc4cc(-c5cnn(C6CCCCO6)c5)c(C(F)F)cc43)cc(C3=CCOCC3)cc2N1C. The summed E-state index contributed by atoms with van der Waals surface area (Å²) in [7, 11) is 1.96.